The Bertz CT molecular complexity index is 837. The lowest BCUT2D eigenvalue weighted by atomic mass is 9.99. The number of aryl methyl sites for hydroxylation is 1. The van der Waals surface area contributed by atoms with Crippen LogP contribution in [0, 0.1) is 6.92 Å². The highest BCUT2D eigenvalue weighted by atomic mass is 15.1. The molecular weight excluding hydrogens is 292 g/mol. The Hall–Kier alpha value is -2.45. The Balaban J connectivity index is 1.52. The summed E-state index contributed by atoms with van der Waals surface area (Å²) < 4.78 is 0. The standard InChI is InChI=1S/C22H22N2/c1-17-6-8-20(9-7-17)22-12-18(13-23-14-22)15-24-11-10-19-4-2-3-5-21(19)16-24/h2-9,12-14H,10-11,15-16H2,1H3. The summed E-state index contributed by atoms with van der Waals surface area (Å²) in [6.45, 7) is 5.23. The number of fused-ring (bicyclic) bond motifs is 1. The van der Waals surface area contributed by atoms with Crippen molar-refractivity contribution in [2.45, 2.75) is 26.4 Å². The van der Waals surface area contributed by atoms with Gasteiger partial charge in [0.05, 0.1) is 0 Å². The Labute approximate surface area is 143 Å². The predicted molar refractivity (Wildman–Crippen MR) is 98.7 cm³/mol. The second-order valence-corrected chi connectivity index (χ2v) is 6.68. The summed E-state index contributed by atoms with van der Waals surface area (Å²) >= 11 is 0. The molecule has 0 saturated heterocycles. The molecule has 1 aliphatic heterocycles. The van der Waals surface area contributed by atoms with Crippen molar-refractivity contribution in [1.29, 1.82) is 0 Å². The minimum atomic E-state index is 0.959. The number of aromatic nitrogens is 1. The van der Waals surface area contributed by atoms with Gasteiger partial charge in [-0.25, -0.2) is 0 Å². The van der Waals surface area contributed by atoms with E-state index in [-0.39, 0.29) is 0 Å². The van der Waals surface area contributed by atoms with Gasteiger partial charge in [0.2, 0.25) is 0 Å². The first kappa shape index (κ1) is 15.1. The van der Waals surface area contributed by atoms with Crippen molar-refractivity contribution in [3.63, 3.8) is 0 Å². The van der Waals surface area contributed by atoms with Crippen molar-refractivity contribution in [2.75, 3.05) is 6.54 Å². The fourth-order valence-corrected chi connectivity index (χ4v) is 3.43. The first-order valence-electron chi connectivity index (χ1n) is 8.58. The normalized spacial score (nSPS) is 14.4. The van der Waals surface area contributed by atoms with Crippen molar-refractivity contribution < 1.29 is 0 Å². The number of pyridine rings is 1. The third-order valence-corrected chi connectivity index (χ3v) is 4.80. The highest BCUT2D eigenvalue weighted by Crippen LogP contribution is 2.23. The molecule has 0 bridgehead atoms. The Kier molecular flexibility index (Phi) is 4.14. The first-order chi connectivity index (χ1) is 11.8. The minimum absolute atomic E-state index is 0.959. The van der Waals surface area contributed by atoms with Crippen LogP contribution in [0.1, 0.15) is 22.3 Å². The van der Waals surface area contributed by atoms with E-state index in [2.05, 4.69) is 71.4 Å². The lowest BCUT2D eigenvalue weighted by Gasteiger charge is -2.28. The van der Waals surface area contributed by atoms with E-state index in [1.807, 2.05) is 12.4 Å². The van der Waals surface area contributed by atoms with E-state index in [9.17, 15) is 0 Å². The van der Waals surface area contributed by atoms with Gasteiger partial charge in [0.1, 0.15) is 0 Å². The van der Waals surface area contributed by atoms with Gasteiger partial charge in [0, 0.05) is 37.6 Å². The van der Waals surface area contributed by atoms with E-state index >= 15 is 0 Å². The molecule has 4 rings (SSSR count). The number of nitrogens with zero attached hydrogens (tertiary/aromatic N) is 2. The van der Waals surface area contributed by atoms with Crippen LogP contribution in [-0.4, -0.2) is 16.4 Å². The van der Waals surface area contributed by atoms with Crippen molar-refractivity contribution in [3.05, 3.63) is 89.2 Å². The Morgan fingerprint density at radius 1 is 0.917 bits per heavy atom. The zero-order valence-corrected chi connectivity index (χ0v) is 14.1. The molecule has 0 atom stereocenters. The molecule has 2 nitrogen and oxygen atoms in total. The van der Waals surface area contributed by atoms with Gasteiger partial charge in [-0.05, 0) is 41.7 Å². The molecule has 0 unspecified atom stereocenters. The zero-order valence-electron chi connectivity index (χ0n) is 14.1. The number of hydrogen-bond donors (Lipinski definition) is 0. The summed E-state index contributed by atoms with van der Waals surface area (Å²) in [6.07, 6.45) is 5.10. The SMILES string of the molecule is Cc1ccc(-c2cncc(CN3CCc4ccccc4C3)c2)cc1. The van der Waals surface area contributed by atoms with E-state index in [4.69, 9.17) is 0 Å². The third-order valence-electron chi connectivity index (χ3n) is 4.80. The van der Waals surface area contributed by atoms with Crippen molar-refractivity contribution >= 4 is 0 Å². The highest BCUT2D eigenvalue weighted by molar-refractivity contribution is 5.63. The van der Waals surface area contributed by atoms with E-state index in [0.717, 1.165) is 26.1 Å². The van der Waals surface area contributed by atoms with Crippen molar-refractivity contribution in [2.24, 2.45) is 0 Å². The summed E-state index contributed by atoms with van der Waals surface area (Å²) in [6, 6.07) is 19.7. The Morgan fingerprint density at radius 2 is 1.71 bits per heavy atom. The molecule has 3 aromatic rings. The molecule has 0 amide bonds. The van der Waals surface area contributed by atoms with Crippen molar-refractivity contribution in [3.8, 4) is 11.1 Å². The fraction of sp³-hybridized carbons (Fsp3) is 0.227. The fourth-order valence-electron chi connectivity index (χ4n) is 3.43. The average Bonchev–Trinajstić information content (AvgIpc) is 2.62. The molecule has 0 fully saturated rings. The number of hydrogen-bond acceptors (Lipinski definition) is 2. The maximum atomic E-state index is 4.47. The molecule has 0 spiro atoms. The second-order valence-electron chi connectivity index (χ2n) is 6.68. The van der Waals surface area contributed by atoms with Gasteiger partial charge in [0.15, 0.2) is 0 Å². The van der Waals surface area contributed by atoms with Gasteiger partial charge >= 0.3 is 0 Å². The molecule has 2 heteroatoms. The molecular formula is C22H22N2. The van der Waals surface area contributed by atoms with Gasteiger partial charge in [-0.1, -0.05) is 54.1 Å². The summed E-state index contributed by atoms with van der Waals surface area (Å²) in [5, 5.41) is 0. The molecule has 120 valence electrons. The third kappa shape index (κ3) is 3.24. The monoisotopic (exact) mass is 314 g/mol. The van der Waals surface area contributed by atoms with Crippen LogP contribution in [0.15, 0.2) is 67.0 Å². The van der Waals surface area contributed by atoms with Crippen LogP contribution in [0.3, 0.4) is 0 Å². The quantitative estimate of drug-likeness (QED) is 0.701. The maximum absolute atomic E-state index is 4.47. The van der Waals surface area contributed by atoms with Crippen LogP contribution < -0.4 is 0 Å². The summed E-state index contributed by atoms with van der Waals surface area (Å²) in [5.41, 5.74) is 7.97. The lowest BCUT2D eigenvalue weighted by molar-refractivity contribution is 0.245. The van der Waals surface area contributed by atoms with Crippen LogP contribution in [0.4, 0.5) is 0 Å². The van der Waals surface area contributed by atoms with Gasteiger partial charge in [-0.3, -0.25) is 9.88 Å². The van der Waals surface area contributed by atoms with Crippen molar-refractivity contribution in [1.82, 2.24) is 9.88 Å². The van der Waals surface area contributed by atoms with Gasteiger partial charge in [-0.2, -0.15) is 0 Å². The second kappa shape index (κ2) is 6.58. The molecule has 0 N–H and O–H groups in total. The first-order valence-corrected chi connectivity index (χ1v) is 8.58. The predicted octanol–water partition coefficient (Wildman–Crippen LogP) is 4.62. The van der Waals surface area contributed by atoms with E-state index in [1.54, 1.807) is 0 Å². The molecule has 2 aromatic carbocycles. The van der Waals surface area contributed by atoms with Crippen LogP contribution in [0.25, 0.3) is 11.1 Å². The highest BCUT2D eigenvalue weighted by Gasteiger charge is 2.16. The largest absolute Gasteiger partial charge is 0.294 e. The van der Waals surface area contributed by atoms with Gasteiger partial charge in [-0.15, -0.1) is 0 Å². The van der Waals surface area contributed by atoms with E-state index in [0.29, 0.717) is 0 Å². The van der Waals surface area contributed by atoms with E-state index < -0.39 is 0 Å². The summed E-state index contributed by atoms with van der Waals surface area (Å²) in [7, 11) is 0. The molecule has 2 heterocycles. The molecule has 0 aliphatic carbocycles. The number of benzene rings is 2. The topological polar surface area (TPSA) is 16.1 Å². The summed E-state index contributed by atoms with van der Waals surface area (Å²) in [5.74, 6) is 0. The summed E-state index contributed by atoms with van der Waals surface area (Å²) in [4.78, 5) is 6.98. The van der Waals surface area contributed by atoms with Gasteiger partial charge in [0.25, 0.3) is 0 Å². The minimum Gasteiger partial charge on any atom is -0.294 e. The average molecular weight is 314 g/mol. The molecule has 24 heavy (non-hydrogen) atoms. The lowest BCUT2D eigenvalue weighted by Crippen LogP contribution is -2.30. The van der Waals surface area contributed by atoms with E-state index in [1.165, 1.54) is 33.4 Å². The molecule has 0 saturated carbocycles. The van der Waals surface area contributed by atoms with Crippen LogP contribution in [0.2, 0.25) is 0 Å². The van der Waals surface area contributed by atoms with Crippen LogP contribution in [0.5, 0.6) is 0 Å². The Morgan fingerprint density at radius 3 is 2.54 bits per heavy atom. The van der Waals surface area contributed by atoms with Crippen LogP contribution in [-0.2, 0) is 19.5 Å². The molecule has 1 aliphatic rings. The maximum Gasteiger partial charge on any atom is 0.0346 e. The zero-order chi connectivity index (χ0) is 16.4. The van der Waals surface area contributed by atoms with Gasteiger partial charge < -0.3 is 0 Å². The molecule has 1 aromatic heterocycles. The number of rotatable bonds is 3. The smallest absolute Gasteiger partial charge is 0.0346 e. The van der Waals surface area contributed by atoms with Crippen LogP contribution >= 0.6 is 0 Å². The molecule has 0 radical (unpaired) electrons.